The highest BCUT2D eigenvalue weighted by molar-refractivity contribution is 5.84. The van der Waals surface area contributed by atoms with Crippen molar-refractivity contribution in [2.75, 3.05) is 0 Å². The quantitative estimate of drug-likeness (QED) is 0.757. The standard InChI is InChI=1S/C10H16F5NO.C2H6/c1-4-7(5-2)6(3)16-8(17)9(11,12)10(13,14)15;1-2/h6-7H,4-5H2,1-3H3,(H,16,17);1-2H3. The lowest BCUT2D eigenvalue weighted by Gasteiger charge is -2.25. The van der Waals surface area contributed by atoms with Gasteiger partial charge in [0.15, 0.2) is 0 Å². The molecule has 116 valence electrons. The molecule has 0 rings (SSSR count). The zero-order valence-electron chi connectivity index (χ0n) is 11.9. The van der Waals surface area contributed by atoms with Crippen LogP contribution in [0.4, 0.5) is 22.0 Å². The Balaban J connectivity index is 0. The minimum atomic E-state index is -5.86. The molecule has 0 aromatic heterocycles. The largest absolute Gasteiger partial charge is 0.463 e. The molecule has 1 atom stereocenters. The first-order valence-corrected chi connectivity index (χ1v) is 6.33. The van der Waals surface area contributed by atoms with Crippen LogP contribution < -0.4 is 5.32 Å². The molecule has 0 fully saturated rings. The van der Waals surface area contributed by atoms with Crippen molar-refractivity contribution in [2.24, 2.45) is 5.92 Å². The molecule has 19 heavy (non-hydrogen) atoms. The Labute approximate surface area is 110 Å². The van der Waals surface area contributed by atoms with E-state index in [1.165, 1.54) is 6.92 Å². The predicted molar refractivity (Wildman–Crippen MR) is 64.0 cm³/mol. The molecular formula is C12H22F5NO. The summed E-state index contributed by atoms with van der Waals surface area (Å²) in [6.07, 6.45) is -4.67. The lowest BCUT2D eigenvalue weighted by Crippen LogP contribution is -2.53. The highest BCUT2D eigenvalue weighted by Gasteiger charge is 2.63. The molecule has 1 unspecified atom stereocenters. The van der Waals surface area contributed by atoms with Gasteiger partial charge >= 0.3 is 18.0 Å². The van der Waals surface area contributed by atoms with Crippen LogP contribution in [0.1, 0.15) is 47.5 Å². The first-order chi connectivity index (χ1) is 8.57. The summed E-state index contributed by atoms with van der Waals surface area (Å²) in [5, 5.41) is 1.72. The summed E-state index contributed by atoms with van der Waals surface area (Å²) in [6, 6.07) is -0.717. The number of carbonyl (C=O) groups excluding carboxylic acids is 1. The molecule has 0 saturated heterocycles. The van der Waals surface area contributed by atoms with Gasteiger partial charge in [-0.3, -0.25) is 4.79 Å². The number of halogens is 5. The first kappa shape index (κ1) is 20.4. The van der Waals surface area contributed by atoms with Gasteiger partial charge in [-0.15, -0.1) is 0 Å². The van der Waals surface area contributed by atoms with Crippen LogP contribution in [0.25, 0.3) is 0 Å². The summed E-state index contributed by atoms with van der Waals surface area (Å²) in [5.41, 5.74) is 0. The minimum Gasteiger partial charge on any atom is -0.348 e. The Morgan fingerprint density at radius 1 is 1.05 bits per heavy atom. The summed E-state index contributed by atoms with van der Waals surface area (Å²) in [4.78, 5) is 10.9. The predicted octanol–water partition coefficient (Wildman–Crippen LogP) is 4.15. The molecule has 0 spiro atoms. The number of alkyl halides is 5. The third kappa shape index (κ3) is 5.74. The van der Waals surface area contributed by atoms with Crippen molar-refractivity contribution in [1.82, 2.24) is 5.32 Å². The Hall–Kier alpha value is -0.880. The van der Waals surface area contributed by atoms with Gasteiger partial charge in [-0.1, -0.05) is 40.5 Å². The molecule has 0 aliphatic heterocycles. The molecular weight excluding hydrogens is 269 g/mol. The summed E-state index contributed by atoms with van der Waals surface area (Å²) in [6.45, 7) is 8.97. The molecule has 0 saturated carbocycles. The molecule has 0 aliphatic rings. The smallest absolute Gasteiger partial charge is 0.348 e. The van der Waals surface area contributed by atoms with Crippen LogP contribution in [0.15, 0.2) is 0 Å². The van der Waals surface area contributed by atoms with Gasteiger partial charge in [0, 0.05) is 6.04 Å². The van der Waals surface area contributed by atoms with Crippen molar-refractivity contribution >= 4 is 5.91 Å². The average molecular weight is 291 g/mol. The van der Waals surface area contributed by atoms with Crippen LogP contribution >= 0.6 is 0 Å². The second-order valence-electron chi connectivity index (χ2n) is 3.91. The van der Waals surface area contributed by atoms with Gasteiger partial charge in [0.05, 0.1) is 0 Å². The molecule has 0 aromatic carbocycles. The van der Waals surface area contributed by atoms with E-state index >= 15 is 0 Å². The first-order valence-electron chi connectivity index (χ1n) is 6.33. The average Bonchev–Trinajstić information content (AvgIpc) is 2.31. The monoisotopic (exact) mass is 291 g/mol. The lowest BCUT2D eigenvalue weighted by atomic mass is 9.95. The van der Waals surface area contributed by atoms with E-state index in [0.717, 1.165) is 0 Å². The van der Waals surface area contributed by atoms with E-state index in [-0.39, 0.29) is 5.92 Å². The molecule has 7 heteroatoms. The van der Waals surface area contributed by atoms with Gasteiger partial charge in [0.2, 0.25) is 0 Å². The van der Waals surface area contributed by atoms with Crippen LogP contribution in [0.3, 0.4) is 0 Å². The van der Waals surface area contributed by atoms with Crippen molar-refractivity contribution in [3.8, 4) is 0 Å². The molecule has 0 radical (unpaired) electrons. The Bertz CT molecular complexity index is 261. The highest BCUT2D eigenvalue weighted by atomic mass is 19.4. The maximum atomic E-state index is 12.6. The van der Waals surface area contributed by atoms with E-state index in [4.69, 9.17) is 0 Å². The Morgan fingerprint density at radius 3 is 1.68 bits per heavy atom. The number of carbonyl (C=O) groups is 1. The van der Waals surface area contributed by atoms with Crippen LogP contribution in [-0.4, -0.2) is 24.0 Å². The van der Waals surface area contributed by atoms with E-state index in [9.17, 15) is 26.7 Å². The van der Waals surface area contributed by atoms with E-state index in [2.05, 4.69) is 0 Å². The fourth-order valence-electron chi connectivity index (χ4n) is 1.54. The second-order valence-corrected chi connectivity index (χ2v) is 3.91. The van der Waals surface area contributed by atoms with Gasteiger partial charge in [-0.05, 0) is 12.8 Å². The van der Waals surface area contributed by atoms with Crippen LogP contribution in [0, 0.1) is 5.92 Å². The number of rotatable bonds is 5. The molecule has 1 N–H and O–H groups in total. The number of hydrogen-bond acceptors (Lipinski definition) is 1. The summed E-state index contributed by atoms with van der Waals surface area (Å²) in [7, 11) is 0. The fourth-order valence-corrected chi connectivity index (χ4v) is 1.54. The highest BCUT2D eigenvalue weighted by Crippen LogP contribution is 2.35. The zero-order valence-corrected chi connectivity index (χ0v) is 11.9. The van der Waals surface area contributed by atoms with E-state index in [0.29, 0.717) is 12.8 Å². The fraction of sp³-hybridized carbons (Fsp3) is 0.917. The molecule has 0 bridgehead atoms. The summed E-state index contributed by atoms with van der Waals surface area (Å²) >= 11 is 0. The number of amides is 1. The zero-order chi connectivity index (χ0) is 15.9. The minimum absolute atomic E-state index is 0.122. The van der Waals surface area contributed by atoms with E-state index < -0.39 is 24.0 Å². The maximum Gasteiger partial charge on any atom is 0.463 e. The van der Waals surface area contributed by atoms with Gasteiger partial charge in [-0.25, -0.2) is 0 Å². The van der Waals surface area contributed by atoms with Crippen molar-refractivity contribution in [1.29, 1.82) is 0 Å². The molecule has 2 nitrogen and oxygen atoms in total. The molecule has 0 aromatic rings. The van der Waals surface area contributed by atoms with E-state index in [1.54, 1.807) is 19.2 Å². The maximum absolute atomic E-state index is 12.6. The van der Waals surface area contributed by atoms with E-state index in [1.807, 2.05) is 13.8 Å². The Morgan fingerprint density at radius 2 is 1.42 bits per heavy atom. The number of nitrogens with one attached hydrogen (secondary N) is 1. The van der Waals surface area contributed by atoms with Crippen LogP contribution in [-0.2, 0) is 4.79 Å². The van der Waals surface area contributed by atoms with Crippen molar-refractivity contribution in [2.45, 2.75) is 65.6 Å². The van der Waals surface area contributed by atoms with Gasteiger partial charge in [-0.2, -0.15) is 22.0 Å². The normalized spacial score (nSPS) is 13.6. The molecule has 0 heterocycles. The van der Waals surface area contributed by atoms with Crippen molar-refractivity contribution in [3.63, 3.8) is 0 Å². The SMILES string of the molecule is CC.CCC(CC)C(C)NC(=O)C(F)(F)C(F)(F)F. The Kier molecular flexibility index (Phi) is 8.95. The van der Waals surface area contributed by atoms with Crippen molar-refractivity contribution in [3.05, 3.63) is 0 Å². The molecule has 1 amide bonds. The lowest BCUT2D eigenvalue weighted by molar-refractivity contribution is -0.270. The van der Waals surface area contributed by atoms with Crippen LogP contribution in [0.2, 0.25) is 0 Å². The molecule has 0 aliphatic carbocycles. The second kappa shape index (κ2) is 8.32. The third-order valence-corrected chi connectivity index (χ3v) is 2.76. The third-order valence-electron chi connectivity index (χ3n) is 2.76. The van der Waals surface area contributed by atoms with Gasteiger partial charge in [0.1, 0.15) is 0 Å². The number of hydrogen-bond donors (Lipinski definition) is 1. The van der Waals surface area contributed by atoms with Gasteiger partial charge < -0.3 is 5.32 Å². The van der Waals surface area contributed by atoms with Crippen LogP contribution in [0.5, 0.6) is 0 Å². The van der Waals surface area contributed by atoms with Crippen molar-refractivity contribution < 1.29 is 26.7 Å². The summed E-state index contributed by atoms with van der Waals surface area (Å²) < 4.78 is 60.9. The van der Waals surface area contributed by atoms with Gasteiger partial charge in [0.25, 0.3) is 0 Å². The topological polar surface area (TPSA) is 29.1 Å². The summed E-state index contributed by atoms with van der Waals surface area (Å²) in [5.74, 6) is -7.75.